The number of carbonyl (C=O) groups is 1. The zero-order valence-corrected chi connectivity index (χ0v) is 18.8. The van der Waals surface area contributed by atoms with E-state index in [4.69, 9.17) is 5.26 Å². The first kappa shape index (κ1) is 20.8. The zero-order chi connectivity index (χ0) is 22.3. The van der Waals surface area contributed by atoms with E-state index >= 15 is 0 Å². The molecule has 0 N–H and O–H groups in total. The number of rotatable bonds is 5. The lowest BCUT2D eigenvalue weighted by molar-refractivity contribution is -0.133. The Labute approximate surface area is 190 Å². The van der Waals surface area contributed by atoms with Crippen LogP contribution in [0.2, 0.25) is 0 Å². The van der Waals surface area contributed by atoms with Crippen molar-refractivity contribution >= 4 is 42.9 Å². The molecule has 1 amide bonds. The average molecular weight is 465 g/mol. The van der Waals surface area contributed by atoms with Gasteiger partial charge in [-0.3, -0.25) is 9.78 Å². The van der Waals surface area contributed by atoms with Gasteiger partial charge in [-0.05, 0) is 49.1 Å². The molecular formula is C23H20N4O3S2. The molecule has 2 atom stereocenters. The van der Waals surface area contributed by atoms with Gasteiger partial charge < -0.3 is 4.90 Å². The van der Waals surface area contributed by atoms with Gasteiger partial charge in [-0.1, -0.05) is 12.1 Å². The lowest BCUT2D eigenvalue weighted by atomic mass is 9.97. The molecule has 0 aliphatic carbocycles. The molecule has 162 valence electrons. The lowest BCUT2D eigenvalue weighted by Gasteiger charge is -2.34. The Balaban J connectivity index is 1.31. The van der Waals surface area contributed by atoms with Crippen LogP contribution in [0.15, 0.2) is 53.0 Å². The minimum absolute atomic E-state index is 0.0389. The van der Waals surface area contributed by atoms with Crippen LogP contribution in [0.1, 0.15) is 36.9 Å². The van der Waals surface area contributed by atoms with Crippen molar-refractivity contribution in [2.45, 2.75) is 42.7 Å². The fraction of sp³-hybridized carbons (Fsp3) is 0.304. The molecular weight excluding hydrogens is 444 g/mol. The highest BCUT2D eigenvalue weighted by molar-refractivity contribution is 7.91. The first-order valence-corrected chi connectivity index (χ1v) is 12.9. The highest BCUT2D eigenvalue weighted by atomic mass is 32.2. The van der Waals surface area contributed by atoms with Crippen molar-refractivity contribution in [2.75, 3.05) is 5.75 Å². The van der Waals surface area contributed by atoms with Crippen molar-refractivity contribution in [2.24, 2.45) is 0 Å². The largest absolute Gasteiger partial charge is 0.333 e. The van der Waals surface area contributed by atoms with Crippen LogP contribution in [0, 0.1) is 11.3 Å². The molecule has 1 fully saturated rings. The molecule has 2 aliphatic heterocycles. The summed E-state index contributed by atoms with van der Waals surface area (Å²) < 4.78 is 26.6. The van der Waals surface area contributed by atoms with Crippen molar-refractivity contribution in [3.05, 3.63) is 59.4 Å². The number of benzene rings is 1. The van der Waals surface area contributed by atoms with Crippen LogP contribution in [0.4, 0.5) is 0 Å². The normalized spacial score (nSPS) is 20.2. The Kier molecular flexibility index (Phi) is 5.27. The summed E-state index contributed by atoms with van der Waals surface area (Å²) in [7, 11) is -3.59. The van der Waals surface area contributed by atoms with E-state index < -0.39 is 9.84 Å². The molecule has 2 unspecified atom stereocenters. The van der Waals surface area contributed by atoms with Crippen molar-refractivity contribution in [1.82, 2.24) is 14.9 Å². The van der Waals surface area contributed by atoms with Crippen LogP contribution in [-0.4, -0.2) is 47.0 Å². The average Bonchev–Trinajstić information content (AvgIpc) is 3.39. The number of aromatic nitrogens is 2. The topological polar surface area (TPSA) is 104 Å². The van der Waals surface area contributed by atoms with Gasteiger partial charge in [-0.2, -0.15) is 5.26 Å². The highest BCUT2D eigenvalue weighted by Gasteiger charge is 2.40. The summed E-state index contributed by atoms with van der Waals surface area (Å²) in [6.45, 7) is 0. The molecule has 1 aromatic carbocycles. The van der Waals surface area contributed by atoms with Gasteiger partial charge in [0.15, 0.2) is 9.84 Å². The van der Waals surface area contributed by atoms with Gasteiger partial charge in [0.1, 0.15) is 6.07 Å². The molecule has 0 spiro atoms. The number of pyridine rings is 1. The maximum Gasteiger partial charge on any atom is 0.224 e. The fourth-order valence-electron chi connectivity index (χ4n) is 4.62. The predicted molar refractivity (Wildman–Crippen MR) is 121 cm³/mol. The SMILES string of the molecule is N#Cc1ccc(C2=CC3CCC(C2)N3C(=O)CCS(=O)(=O)c2cccc3ncsc23)nc1. The Morgan fingerprint density at radius 1 is 1.22 bits per heavy atom. The smallest absolute Gasteiger partial charge is 0.224 e. The lowest BCUT2D eigenvalue weighted by Crippen LogP contribution is -2.43. The van der Waals surface area contributed by atoms with Crippen LogP contribution in [0.5, 0.6) is 0 Å². The predicted octanol–water partition coefficient (Wildman–Crippen LogP) is 3.57. The monoisotopic (exact) mass is 464 g/mol. The van der Waals surface area contributed by atoms with Crippen LogP contribution in [0.3, 0.4) is 0 Å². The van der Waals surface area contributed by atoms with Gasteiger partial charge in [0.2, 0.25) is 5.91 Å². The van der Waals surface area contributed by atoms with Gasteiger partial charge in [-0.25, -0.2) is 13.4 Å². The summed E-state index contributed by atoms with van der Waals surface area (Å²) in [5.74, 6) is -0.340. The molecule has 4 heterocycles. The summed E-state index contributed by atoms with van der Waals surface area (Å²) in [6, 6.07) is 10.7. The summed E-state index contributed by atoms with van der Waals surface area (Å²) in [5.41, 5.74) is 4.71. The molecule has 0 saturated carbocycles. The van der Waals surface area contributed by atoms with E-state index in [1.54, 1.807) is 36.0 Å². The number of hydrogen-bond acceptors (Lipinski definition) is 7. The zero-order valence-electron chi connectivity index (χ0n) is 17.1. The maximum atomic E-state index is 13.0. The fourth-order valence-corrected chi connectivity index (χ4v) is 7.18. The maximum absolute atomic E-state index is 13.0. The Morgan fingerprint density at radius 3 is 2.84 bits per heavy atom. The molecule has 5 rings (SSSR count). The second-order valence-electron chi connectivity index (χ2n) is 8.07. The first-order valence-electron chi connectivity index (χ1n) is 10.4. The molecule has 3 aromatic rings. The summed E-state index contributed by atoms with van der Waals surface area (Å²) >= 11 is 1.30. The van der Waals surface area contributed by atoms with Gasteiger partial charge in [0.25, 0.3) is 0 Å². The van der Waals surface area contributed by atoms with Crippen LogP contribution in [0.25, 0.3) is 15.8 Å². The van der Waals surface area contributed by atoms with Crippen LogP contribution < -0.4 is 0 Å². The third-order valence-corrected chi connectivity index (χ3v) is 8.90. The quantitative estimate of drug-likeness (QED) is 0.572. The number of fused-ring (bicyclic) bond motifs is 3. The molecule has 2 bridgehead atoms. The first-order chi connectivity index (χ1) is 15.5. The number of thiazole rings is 1. The van der Waals surface area contributed by atoms with Crippen molar-refractivity contribution in [3.63, 3.8) is 0 Å². The Hall–Kier alpha value is -3.09. The molecule has 1 saturated heterocycles. The number of hydrogen-bond donors (Lipinski definition) is 0. The van der Waals surface area contributed by atoms with E-state index in [2.05, 4.69) is 22.1 Å². The van der Waals surface area contributed by atoms with Gasteiger partial charge in [-0.15, -0.1) is 11.3 Å². The molecule has 2 aliphatic rings. The number of nitriles is 1. The number of nitrogens with zero attached hydrogens (tertiary/aromatic N) is 4. The standard InChI is InChI=1S/C23H20N4O3S2/c24-12-15-4-7-19(25-13-15)16-10-17-5-6-18(11-16)27(17)22(28)8-9-32(29,30)21-3-1-2-20-23(21)31-14-26-20/h1-4,7,10,13-14,17-18H,5-6,8-9,11H2. The highest BCUT2D eigenvalue weighted by Crippen LogP contribution is 2.38. The molecule has 9 heteroatoms. The Bertz CT molecular complexity index is 1370. The van der Waals surface area contributed by atoms with E-state index in [0.717, 1.165) is 24.1 Å². The third kappa shape index (κ3) is 3.70. The number of sulfone groups is 1. The Morgan fingerprint density at radius 2 is 2.09 bits per heavy atom. The van der Waals surface area contributed by atoms with E-state index in [1.165, 1.54) is 11.3 Å². The van der Waals surface area contributed by atoms with Gasteiger partial charge >= 0.3 is 0 Å². The second kappa shape index (κ2) is 8.11. The van der Waals surface area contributed by atoms with Crippen molar-refractivity contribution in [1.29, 1.82) is 5.26 Å². The third-order valence-electron chi connectivity index (χ3n) is 6.15. The number of carbonyl (C=O) groups excluding carboxylic acids is 1. The minimum atomic E-state index is -3.59. The van der Waals surface area contributed by atoms with Crippen LogP contribution >= 0.6 is 11.3 Å². The van der Waals surface area contributed by atoms with E-state index in [1.807, 2.05) is 11.0 Å². The molecule has 32 heavy (non-hydrogen) atoms. The van der Waals surface area contributed by atoms with Crippen molar-refractivity contribution < 1.29 is 13.2 Å². The molecule has 7 nitrogen and oxygen atoms in total. The summed E-state index contributed by atoms with van der Waals surface area (Å²) in [6.07, 6.45) is 6.03. The van der Waals surface area contributed by atoms with Crippen LogP contribution in [-0.2, 0) is 14.6 Å². The molecule has 0 radical (unpaired) electrons. The van der Waals surface area contributed by atoms with E-state index in [9.17, 15) is 13.2 Å². The van der Waals surface area contributed by atoms with E-state index in [-0.39, 0.29) is 35.1 Å². The summed E-state index contributed by atoms with van der Waals surface area (Å²) in [4.78, 5) is 23.7. The van der Waals surface area contributed by atoms with Gasteiger partial charge in [0.05, 0.1) is 43.7 Å². The van der Waals surface area contributed by atoms with Gasteiger partial charge in [0, 0.05) is 18.7 Å². The number of amides is 1. The summed E-state index contributed by atoms with van der Waals surface area (Å²) in [5, 5.41) is 8.96. The van der Waals surface area contributed by atoms with E-state index in [0.29, 0.717) is 22.2 Å². The molecule has 2 aromatic heterocycles. The van der Waals surface area contributed by atoms with Crippen molar-refractivity contribution in [3.8, 4) is 6.07 Å². The second-order valence-corrected chi connectivity index (χ2v) is 11.0. The minimum Gasteiger partial charge on any atom is -0.333 e.